The Morgan fingerprint density at radius 3 is 2.65 bits per heavy atom. The van der Waals surface area contributed by atoms with Gasteiger partial charge in [0.25, 0.3) is 0 Å². The molecule has 110 valence electrons. The lowest BCUT2D eigenvalue weighted by atomic mass is 10.2. The number of carbonyl (C=O) groups excluding carboxylic acids is 1. The van der Waals surface area contributed by atoms with Gasteiger partial charge in [-0.15, -0.1) is 0 Å². The first kappa shape index (κ1) is 14.7. The predicted molar refractivity (Wildman–Crippen MR) is 75.1 cm³/mol. The van der Waals surface area contributed by atoms with E-state index in [4.69, 9.17) is 14.2 Å². The maximum atomic E-state index is 11.4. The third-order valence-corrected chi connectivity index (χ3v) is 3.18. The molecule has 2 atom stereocenters. The first-order valence-electron chi connectivity index (χ1n) is 6.93. The Balaban J connectivity index is 1.83. The molecule has 5 heteroatoms. The van der Waals surface area contributed by atoms with Crippen LogP contribution in [0.4, 0.5) is 0 Å². The number of hydrogen-bond donors (Lipinski definition) is 1. The van der Waals surface area contributed by atoms with E-state index < -0.39 is 0 Å². The van der Waals surface area contributed by atoms with Gasteiger partial charge in [0.15, 0.2) is 0 Å². The summed E-state index contributed by atoms with van der Waals surface area (Å²) in [6.07, 6.45) is 1.60. The maximum Gasteiger partial charge on any atom is 0.323 e. The summed E-state index contributed by atoms with van der Waals surface area (Å²) < 4.78 is 16.1. The number of hydrogen-bond acceptors (Lipinski definition) is 5. The van der Waals surface area contributed by atoms with Crippen LogP contribution in [-0.4, -0.2) is 38.4 Å². The van der Waals surface area contributed by atoms with Gasteiger partial charge < -0.3 is 19.5 Å². The molecule has 2 rings (SSSR count). The molecule has 20 heavy (non-hydrogen) atoms. The quantitative estimate of drug-likeness (QED) is 0.804. The van der Waals surface area contributed by atoms with Gasteiger partial charge in [0.1, 0.15) is 23.6 Å². The normalized spacial score (nSPS) is 21.5. The van der Waals surface area contributed by atoms with Gasteiger partial charge in [-0.3, -0.25) is 4.79 Å². The van der Waals surface area contributed by atoms with Gasteiger partial charge in [-0.2, -0.15) is 0 Å². The summed E-state index contributed by atoms with van der Waals surface area (Å²) in [5.74, 6) is 1.39. The van der Waals surface area contributed by atoms with Crippen molar-refractivity contribution in [2.24, 2.45) is 0 Å². The highest BCUT2D eigenvalue weighted by molar-refractivity contribution is 5.76. The molecule has 0 aromatic heterocycles. The molecule has 0 spiro atoms. The fourth-order valence-electron chi connectivity index (χ4n) is 2.14. The second-order valence-electron chi connectivity index (χ2n) is 4.78. The van der Waals surface area contributed by atoms with Gasteiger partial charge in [-0.1, -0.05) is 6.92 Å². The summed E-state index contributed by atoms with van der Waals surface area (Å²) in [6.45, 7) is 3.43. The van der Waals surface area contributed by atoms with E-state index in [0.717, 1.165) is 17.9 Å². The Kier molecular flexibility index (Phi) is 5.24. The van der Waals surface area contributed by atoms with E-state index in [1.54, 1.807) is 0 Å². The fourth-order valence-corrected chi connectivity index (χ4v) is 2.14. The predicted octanol–water partition coefficient (Wildman–Crippen LogP) is 1.76. The summed E-state index contributed by atoms with van der Waals surface area (Å²) >= 11 is 0. The number of nitrogens with one attached hydrogen (secondary N) is 1. The maximum absolute atomic E-state index is 11.4. The summed E-state index contributed by atoms with van der Waals surface area (Å²) in [5, 5.41) is 3.09. The van der Waals surface area contributed by atoms with Gasteiger partial charge in [-0.05, 0) is 30.7 Å². The van der Waals surface area contributed by atoms with Crippen LogP contribution in [0.15, 0.2) is 24.3 Å². The third-order valence-electron chi connectivity index (χ3n) is 3.18. The van der Waals surface area contributed by atoms with Gasteiger partial charge in [0.05, 0.1) is 13.7 Å². The largest absolute Gasteiger partial charge is 0.494 e. The highest BCUT2D eigenvalue weighted by Crippen LogP contribution is 2.21. The number of carbonyl (C=O) groups is 1. The molecule has 0 bridgehead atoms. The van der Waals surface area contributed by atoms with Gasteiger partial charge in [0.2, 0.25) is 0 Å². The van der Waals surface area contributed by atoms with Gasteiger partial charge in [0, 0.05) is 13.0 Å². The zero-order chi connectivity index (χ0) is 14.4. The van der Waals surface area contributed by atoms with Crippen molar-refractivity contribution >= 4 is 5.97 Å². The molecule has 0 aliphatic carbocycles. The zero-order valence-electron chi connectivity index (χ0n) is 11.9. The van der Waals surface area contributed by atoms with Crippen LogP contribution >= 0.6 is 0 Å². The lowest BCUT2D eigenvalue weighted by molar-refractivity contribution is -0.142. The molecule has 0 radical (unpaired) electrons. The molecule has 1 fully saturated rings. The summed E-state index contributed by atoms with van der Waals surface area (Å²) in [6, 6.07) is 7.29. The molecule has 1 heterocycles. The van der Waals surface area contributed by atoms with Crippen LogP contribution in [0.3, 0.4) is 0 Å². The summed E-state index contributed by atoms with van der Waals surface area (Å²) in [5.41, 5.74) is 0. The average molecular weight is 279 g/mol. The summed E-state index contributed by atoms with van der Waals surface area (Å²) in [4.78, 5) is 11.4. The second-order valence-corrected chi connectivity index (χ2v) is 4.78. The van der Waals surface area contributed by atoms with Crippen molar-refractivity contribution in [3.05, 3.63) is 24.3 Å². The van der Waals surface area contributed by atoms with Crippen LogP contribution in [-0.2, 0) is 9.53 Å². The van der Waals surface area contributed by atoms with Crippen molar-refractivity contribution in [3.63, 3.8) is 0 Å². The van der Waals surface area contributed by atoms with Crippen molar-refractivity contribution in [1.29, 1.82) is 0 Å². The molecule has 5 nitrogen and oxygen atoms in total. The SMILES string of the molecule is CCCOc1ccc(O[C@H]2CN[C@@H](C(=O)OC)C2)cc1. The molecule has 1 aliphatic heterocycles. The molecule has 0 saturated carbocycles. The topological polar surface area (TPSA) is 56.8 Å². The minimum absolute atomic E-state index is 0.0125. The summed E-state index contributed by atoms with van der Waals surface area (Å²) in [7, 11) is 1.40. The molecule has 0 unspecified atom stereocenters. The first-order valence-corrected chi connectivity index (χ1v) is 6.93. The van der Waals surface area contributed by atoms with Crippen LogP contribution in [0, 0.1) is 0 Å². The molecule has 0 amide bonds. The van der Waals surface area contributed by atoms with E-state index in [1.807, 2.05) is 24.3 Å². The standard InChI is InChI=1S/C15H21NO4/c1-3-8-19-11-4-6-12(7-5-11)20-13-9-14(16-10-13)15(17)18-2/h4-7,13-14,16H,3,8-10H2,1-2H3/t13-,14-/m1/s1. The van der Waals surface area contributed by atoms with E-state index in [-0.39, 0.29) is 18.1 Å². The lowest BCUT2D eigenvalue weighted by Gasteiger charge is -2.13. The molecule has 1 saturated heterocycles. The first-order chi connectivity index (χ1) is 9.72. The highest BCUT2D eigenvalue weighted by Gasteiger charge is 2.31. The van der Waals surface area contributed by atoms with E-state index in [9.17, 15) is 4.79 Å². The number of ether oxygens (including phenoxy) is 3. The van der Waals surface area contributed by atoms with Gasteiger partial charge in [-0.25, -0.2) is 0 Å². The lowest BCUT2D eigenvalue weighted by Crippen LogP contribution is -2.31. The van der Waals surface area contributed by atoms with Crippen molar-refractivity contribution in [1.82, 2.24) is 5.32 Å². The van der Waals surface area contributed by atoms with E-state index in [0.29, 0.717) is 19.6 Å². The minimum atomic E-state index is -0.267. The van der Waals surface area contributed by atoms with Crippen LogP contribution in [0.5, 0.6) is 11.5 Å². The number of esters is 1. The molecule has 1 aliphatic rings. The van der Waals surface area contributed by atoms with Gasteiger partial charge >= 0.3 is 5.97 Å². The highest BCUT2D eigenvalue weighted by atomic mass is 16.5. The Bertz CT molecular complexity index is 432. The average Bonchev–Trinajstić information content (AvgIpc) is 2.94. The Morgan fingerprint density at radius 2 is 2.00 bits per heavy atom. The Hall–Kier alpha value is -1.75. The fraction of sp³-hybridized carbons (Fsp3) is 0.533. The number of benzene rings is 1. The van der Waals surface area contributed by atoms with Crippen LogP contribution in [0.2, 0.25) is 0 Å². The second kappa shape index (κ2) is 7.14. The molecule has 1 N–H and O–H groups in total. The monoisotopic (exact) mass is 279 g/mol. The molecule has 1 aromatic rings. The van der Waals surface area contributed by atoms with E-state index >= 15 is 0 Å². The van der Waals surface area contributed by atoms with E-state index in [2.05, 4.69) is 12.2 Å². The Morgan fingerprint density at radius 1 is 1.30 bits per heavy atom. The minimum Gasteiger partial charge on any atom is -0.494 e. The molecular formula is C15H21NO4. The number of methoxy groups -OCH3 is 1. The smallest absolute Gasteiger partial charge is 0.323 e. The van der Waals surface area contributed by atoms with Crippen LogP contribution in [0.25, 0.3) is 0 Å². The van der Waals surface area contributed by atoms with Crippen molar-refractivity contribution in [2.75, 3.05) is 20.3 Å². The van der Waals surface area contributed by atoms with Crippen molar-refractivity contribution in [3.8, 4) is 11.5 Å². The van der Waals surface area contributed by atoms with E-state index in [1.165, 1.54) is 7.11 Å². The molecular weight excluding hydrogens is 258 g/mol. The van der Waals surface area contributed by atoms with Crippen molar-refractivity contribution in [2.45, 2.75) is 31.9 Å². The Labute approximate surface area is 119 Å². The third kappa shape index (κ3) is 3.87. The zero-order valence-corrected chi connectivity index (χ0v) is 11.9. The van der Waals surface area contributed by atoms with Crippen LogP contribution in [0.1, 0.15) is 19.8 Å². The molecule has 1 aromatic carbocycles. The van der Waals surface area contributed by atoms with Crippen LogP contribution < -0.4 is 14.8 Å². The number of rotatable bonds is 6. The van der Waals surface area contributed by atoms with Crippen molar-refractivity contribution < 1.29 is 19.0 Å².